The van der Waals surface area contributed by atoms with E-state index in [1.807, 2.05) is 24.3 Å². The fourth-order valence-electron chi connectivity index (χ4n) is 3.88. The molecule has 0 unspecified atom stereocenters. The summed E-state index contributed by atoms with van der Waals surface area (Å²) in [6.45, 7) is 3.55. The molecule has 3 N–H and O–H groups in total. The second-order valence-electron chi connectivity index (χ2n) is 8.31. The van der Waals surface area contributed by atoms with Crippen molar-refractivity contribution < 1.29 is 29.0 Å². The van der Waals surface area contributed by atoms with E-state index in [4.69, 9.17) is 14.6 Å². The molecule has 0 saturated carbocycles. The van der Waals surface area contributed by atoms with Crippen LogP contribution in [-0.4, -0.2) is 55.0 Å². The van der Waals surface area contributed by atoms with Gasteiger partial charge in [0.05, 0.1) is 13.0 Å². The highest BCUT2D eigenvalue weighted by atomic mass is 16.5. The van der Waals surface area contributed by atoms with Crippen LogP contribution in [0.15, 0.2) is 48.5 Å². The average Bonchev–Trinajstić information content (AvgIpc) is 3.04. The van der Waals surface area contributed by atoms with Crippen molar-refractivity contribution in [2.75, 3.05) is 26.4 Å². The molecule has 2 aromatic rings. The summed E-state index contributed by atoms with van der Waals surface area (Å²) in [5.41, 5.74) is 3.74. The van der Waals surface area contributed by atoms with Crippen molar-refractivity contribution in [3.8, 4) is 11.1 Å². The van der Waals surface area contributed by atoms with Crippen molar-refractivity contribution in [1.82, 2.24) is 10.6 Å². The van der Waals surface area contributed by atoms with Gasteiger partial charge in [0.2, 0.25) is 5.91 Å². The molecule has 0 saturated heterocycles. The van der Waals surface area contributed by atoms with Gasteiger partial charge >= 0.3 is 12.1 Å². The summed E-state index contributed by atoms with van der Waals surface area (Å²) >= 11 is 0. The normalized spacial score (nSPS) is 12.6. The third kappa shape index (κ3) is 6.07. The van der Waals surface area contributed by atoms with E-state index in [1.165, 1.54) is 0 Å². The fourth-order valence-corrected chi connectivity index (χ4v) is 3.88. The number of hydrogen-bond donors (Lipinski definition) is 3. The fraction of sp³-hybridized carbons (Fsp3) is 0.375. The molecule has 0 fully saturated rings. The highest BCUT2D eigenvalue weighted by Gasteiger charge is 2.29. The van der Waals surface area contributed by atoms with Gasteiger partial charge in [0, 0.05) is 18.0 Å². The number of carbonyl (C=O) groups excluding carboxylic acids is 2. The van der Waals surface area contributed by atoms with Crippen molar-refractivity contribution >= 4 is 18.0 Å². The van der Waals surface area contributed by atoms with Crippen molar-refractivity contribution in [2.24, 2.45) is 0 Å². The van der Waals surface area contributed by atoms with Crippen LogP contribution >= 0.6 is 0 Å². The number of fused-ring (bicyclic) bond motifs is 3. The second kappa shape index (κ2) is 10.3. The number of amides is 2. The number of nitrogens with one attached hydrogen (secondary N) is 2. The number of carboxylic acid groups (broad SMARTS) is 1. The molecule has 2 aromatic carbocycles. The zero-order valence-corrected chi connectivity index (χ0v) is 18.2. The number of benzene rings is 2. The van der Waals surface area contributed by atoms with Gasteiger partial charge in [-0.3, -0.25) is 9.59 Å². The van der Waals surface area contributed by atoms with Gasteiger partial charge in [0.15, 0.2) is 0 Å². The molecular formula is C24H28N2O6. The van der Waals surface area contributed by atoms with Crippen molar-refractivity contribution in [2.45, 2.75) is 31.7 Å². The summed E-state index contributed by atoms with van der Waals surface area (Å²) in [6, 6.07) is 16.2. The molecule has 0 radical (unpaired) electrons. The van der Waals surface area contributed by atoms with Crippen LogP contribution in [0, 0.1) is 0 Å². The van der Waals surface area contributed by atoms with E-state index in [2.05, 4.69) is 34.9 Å². The van der Waals surface area contributed by atoms with Crippen LogP contribution in [0.3, 0.4) is 0 Å². The smallest absolute Gasteiger partial charge is 0.407 e. The van der Waals surface area contributed by atoms with E-state index in [0.29, 0.717) is 0 Å². The Balaban J connectivity index is 1.38. The average molecular weight is 440 g/mol. The van der Waals surface area contributed by atoms with Crippen molar-refractivity contribution in [3.05, 3.63) is 59.7 Å². The Hall–Kier alpha value is -3.39. The summed E-state index contributed by atoms with van der Waals surface area (Å²) in [5, 5.41) is 14.0. The third-order valence-electron chi connectivity index (χ3n) is 5.16. The maximum absolute atomic E-state index is 12.1. The van der Waals surface area contributed by atoms with Gasteiger partial charge in [-0.1, -0.05) is 48.5 Å². The van der Waals surface area contributed by atoms with Gasteiger partial charge in [0.1, 0.15) is 13.2 Å². The van der Waals surface area contributed by atoms with Gasteiger partial charge < -0.3 is 25.2 Å². The quantitative estimate of drug-likeness (QED) is 0.490. The summed E-state index contributed by atoms with van der Waals surface area (Å²) in [7, 11) is 0. The monoisotopic (exact) mass is 440 g/mol. The molecule has 2 amide bonds. The largest absolute Gasteiger partial charge is 0.481 e. The van der Waals surface area contributed by atoms with Crippen molar-refractivity contribution in [1.29, 1.82) is 0 Å². The number of alkyl carbamates (subject to hydrolysis) is 1. The van der Waals surface area contributed by atoms with Crippen molar-refractivity contribution in [3.63, 3.8) is 0 Å². The number of carboxylic acids is 1. The first kappa shape index (κ1) is 23.3. The lowest BCUT2D eigenvalue weighted by molar-refractivity contribution is -0.139. The van der Waals surface area contributed by atoms with Crippen LogP contribution < -0.4 is 10.6 Å². The minimum atomic E-state index is -0.997. The molecule has 0 atom stereocenters. The number of aliphatic carboxylic acids is 1. The van der Waals surface area contributed by atoms with Crippen LogP contribution in [0.1, 0.15) is 37.3 Å². The minimum Gasteiger partial charge on any atom is -0.481 e. The van der Waals surface area contributed by atoms with E-state index >= 15 is 0 Å². The maximum Gasteiger partial charge on any atom is 0.407 e. The van der Waals surface area contributed by atoms with Crippen LogP contribution in [0.2, 0.25) is 0 Å². The number of hydrogen-bond acceptors (Lipinski definition) is 5. The van der Waals surface area contributed by atoms with Gasteiger partial charge in [-0.25, -0.2) is 4.79 Å². The Morgan fingerprint density at radius 1 is 1.00 bits per heavy atom. The Bertz CT molecular complexity index is 942. The molecule has 8 heteroatoms. The predicted octanol–water partition coefficient (Wildman–Crippen LogP) is 2.91. The van der Waals surface area contributed by atoms with E-state index < -0.39 is 23.5 Å². The molecule has 3 rings (SSSR count). The molecule has 8 nitrogen and oxygen atoms in total. The molecule has 1 aliphatic rings. The molecule has 32 heavy (non-hydrogen) atoms. The van der Waals surface area contributed by atoms with Crippen LogP contribution in [0.25, 0.3) is 11.1 Å². The zero-order valence-electron chi connectivity index (χ0n) is 18.2. The maximum atomic E-state index is 12.1. The Morgan fingerprint density at radius 2 is 1.59 bits per heavy atom. The lowest BCUT2D eigenvalue weighted by Crippen LogP contribution is -2.46. The molecular weight excluding hydrogens is 412 g/mol. The standard InChI is InChI=1S/C24H28N2O6/c1-24(2,13-22(28)29)26-21(27)15-31-12-11-25-23(30)32-14-20-18-9-5-3-7-16(18)17-8-4-6-10-19(17)20/h3-10,20H,11-15H2,1-2H3,(H,25,30)(H,26,27)(H,28,29). The topological polar surface area (TPSA) is 114 Å². The number of carbonyl (C=O) groups is 3. The highest BCUT2D eigenvalue weighted by Crippen LogP contribution is 2.44. The minimum absolute atomic E-state index is 0.0118. The first-order valence-electron chi connectivity index (χ1n) is 10.5. The van der Waals surface area contributed by atoms with E-state index in [0.717, 1.165) is 22.3 Å². The first-order valence-corrected chi connectivity index (χ1v) is 10.5. The number of rotatable bonds is 10. The SMILES string of the molecule is CC(C)(CC(=O)O)NC(=O)COCCNC(=O)OCC1c2ccccc2-c2ccccc21. The molecule has 170 valence electrons. The summed E-state index contributed by atoms with van der Waals surface area (Å²) in [4.78, 5) is 34.7. The van der Waals surface area contributed by atoms with Gasteiger partial charge in [-0.05, 0) is 36.1 Å². The Labute approximate surface area is 186 Å². The Morgan fingerprint density at radius 3 is 2.19 bits per heavy atom. The molecule has 0 spiro atoms. The molecule has 1 aliphatic carbocycles. The van der Waals surface area contributed by atoms with Gasteiger partial charge in [0.25, 0.3) is 0 Å². The molecule has 0 aliphatic heterocycles. The predicted molar refractivity (Wildman–Crippen MR) is 118 cm³/mol. The van der Waals surface area contributed by atoms with Gasteiger partial charge in [-0.15, -0.1) is 0 Å². The molecule has 0 heterocycles. The number of ether oxygens (including phenoxy) is 2. The van der Waals surface area contributed by atoms with E-state index in [-0.39, 0.29) is 38.7 Å². The van der Waals surface area contributed by atoms with Gasteiger partial charge in [-0.2, -0.15) is 0 Å². The van der Waals surface area contributed by atoms with Crippen LogP contribution in [-0.2, 0) is 19.1 Å². The summed E-state index contributed by atoms with van der Waals surface area (Å²) in [6.07, 6.45) is -0.746. The van der Waals surface area contributed by atoms with E-state index in [9.17, 15) is 14.4 Å². The first-order chi connectivity index (χ1) is 15.3. The Kier molecular flexibility index (Phi) is 7.48. The lowest BCUT2D eigenvalue weighted by Gasteiger charge is -2.24. The lowest BCUT2D eigenvalue weighted by atomic mass is 9.98. The summed E-state index contributed by atoms with van der Waals surface area (Å²) in [5.74, 6) is -1.43. The molecule has 0 bridgehead atoms. The third-order valence-corrected chi connectivity index (χ3v) is 5.16. The highest BCUT2D eigenvalue weighted by molar-refractivity contribution is 5.80. The second-order valence-corrected chi connectivity index (χ2v) is 8.31. The summed E-state index contributed by atoms with van der Waals surface area (Å²) < 4.78 is 10.7. The van der Waals surface area contributed by atoms with E-state index in [1.54, 1.807) is 13.8 Å². The zero-order chi connectivity index (χ0) is 23.1. The van der Waals surface area contributed by atoms with Crippen LogP contribution in [0.5, 0.6) is 0 Å². The van der Waals surface area contributed by atoms with Crippen LogP contribution in [0.4, 0.5) is 4.79 Å². The molecule has 0 aromatic heterocycles.